The van der Waals surface area contributed by atoms with Gasteiger partial charge in [-0.3, -0.25) is 9.59 Å². The molecule has 1 fully saturated rings. The molecule has 2 aromatic rings. The van der Waals surface area contributed by atoms with Gasteiger partial charge in [0.1, 0.15) is 24.8 Å². The van der Waals surface area contributed by atoms with Gasteiger partial charge in [0.05, 0.1) is 18.2 Å². The van der Waals surface area contributed by atoms with Crippen LogP contribution in [0.1, 0.15) is 17.2 Å². The van der Waals surface area contributed by atoms with Crippen LogP contribution in [0.15, 0.2) is 48.0 Å². The number of ketones is 1. The highest BCUT2D eigenvalue weighted by Gasteiger charge is 2.46. The molecule has 30 heavy (non-hydrogen) atoms. The van der Waals surface area contributed by atoms with E-state index in [9.17, 15) is 19.1 Å². The molecule has 0 radical (unpaired) electrons. The third-order valence-corrected chi connectivity index (χ3v) is 5.09. The molecule has 0 spiro atoms. The normalized spacial score (nSPS) is 19.9. The molecule has 1 N–H and O–H groups in total. The predicted octanol–water partition coefficient (Wildman–Crippen LogP) is 2.67. The molecular formula is C22H20FNO6. The summed E-state index contributed by atoms with van der Waals surface area (Å²) in [5.41, 5.74) is 0.204. The molecule has 1 saturated heterocycles. The molecule has 1 atom stereocenters. The molecule has 0 aromatic heterocycles. The molecule has 0 saturated carbocycles. The lowest BCUT2D eigenvalue weighted by Crippen LogP contribution is -2.33. The molecule has 0 aliphatic carbocycles. The van der Waals surface area contributed by atoms with Crippen LogP contribution in [0.5, 0.6) is 11.5 Å². The van der Waals surface area contributed by atoms with E-state index in [0.717, 1.165) is 0 Å². The standard InChI is InChI=1S/C22H20FNO6/c1-28-9-8-24-19(14-4-2-3-5-15(14)23)18(21(26)22(24)27)20(25)13-6-7-16-17(12-13)30-11-10-29-16/h2-7,12,19,25H,8-11H2,1H3/t19-/m1/s1. The SMILES string of the molecule is COCCN1C(=O)C(=O)C(=C(O)c2ccc3c(c2)OCCO3)[C@H]1c1ccccc1F. The Bertz CT molecular complexity index is 1030. The van der Waals surface area contributed by atoms with E-state index in [1.807, 2.05) is 0 Å². The lowest BCUT2D eigenvalue weighted by molar-refractivity contribution is -0.140. The Kier molecular flexibility index (Phi) is 5.41. The smallest absolute Gasteiger partial charge is 0.295 e. The molecule has 7 nitrogen and oxygen atoms in total. The maximum atomic E-state index is 14.6. The van der Waals surface area contributed by atoms with Gasteiger partial charge in [-0.15, -0.1) is 0 Å². The summed E-state index contributed by atoms with van der Waals surface area (Å²) in [4.78, 5) is 26.8. The maximum Gasteiger partial charge on any atom is 0.295 e. The monoisotopic (exact) mass is 413 g/mol. The number of ether oxygens (including phenoxy) is 3. The van der Waals surface area contributed by atoms with E-state index in [-0.39, 0.29) is 29.9 Å². The van der Waals surface area contributed by atoms with Gasteiger partial charge in [-0.05, 0) is 24.3 Å². The minimum atomic E-state index is -1.07. The number of aliphatic hydroxyl groups excluding tert-OH is 1. The van der Waals surface area contributed by atoms with Gasteiger partial charge in [0.15, 0.2) is 11.5 Å². The zero-order valence-electron chi connectivity index (χ0n) is 16.3. The van der Waals surface area contributed by atoms with Crippen LogP contribution in [-0.4, -0.2) is 55.2 Å². The maximum absolute atomic E-state index is 14.6. The van der Waals surface area contributed by atoms with Gasteiger partial charge in [-0.2, -0.15) is 0 Å². The van der Waals surface area contributed by atoms with Gasteiger partial charge in [-0.25, -0.2) is 4.39 Å². The summed E-state index contributed by atoms with van der Waals surface area (Å²) in [6.07, 6.45) is 0. The average molecular weight is 413 g/mol. The van der Waals surface area contributed by atoms with Gasteiger partial charge >= 0.3 is 0 Å². The van der Waals surface area contributed by atoms with E-state index in [1.165, 1.54) is 36.3 Å². The quantitative estimate of drug-likeness (QED) is 0.461. The number of benzene rings is 2. The number of carbonyl (C=O) groups excluding carboxylic acids is 2. The largest absolute Gasteiger partial charge is 0.507 e. The van der Waals surface area contributed by atoms with Gasteiger partial charge in [0.25, 0.3) is 11.7 Å². The van der Waals surface area contributed by atoms with Gasteiger partial charge in [0.2, 0.25) is 0 Å². The number of rotatable bonds is 5. The minimum absolute atomic E-state index is 0.0675. The number of amides is 1. The number of fused-ring (bicyclic) bond motifs is 1. The van der Waals surface area contributed by atoms with Crippen LogP contribution in [-0.2, 0) is 14.3 Å². The second kappa shape index (κ2) is 8.16. The van der Waals surface area contributed by atoms with Gasteiger partial charge in [-0.1, -0.05) is 18.2 Å². The van der Waals surface area contributed by atoms with Crippen molar-refractivity contribution in [2.45, 2.75) is 6.04 Å². The van der Waals surface area contributed by atoms with Crippen LogP contribution in [0.25, 0.3) is 5.76 Å². The fraction of sp³-hybridized carbons (Fsp3) is 0.273. The molecule has 156 valence electrons. The molecular weight excluding hydrogens is 393 g/mol. The Balaban J connectivity index is 1.85. The van der Waals surface area contributed by atoms with Crippen molar-refractivity contribution in [1.29, 1.82) is 0 Å². The van der Waals surface area contributed by atoms with Crippen molar-refractivity contribution in [3.8, 4) is 11.5 Å². The van der Waals surface area contributed by atoms with E-state index in [2.05, 4.69) is 0 Å². The number of methoxy groups -OCH3 is 1. The fourth-order valence-electron chi connectivity index (χ4n) is 3.67. The first-order valence-electron chi connectivity index (χ1n) is 9.44. The van der Waals surface area contributed by atoms with E-state index >= 15 is 0 Å². The van der Waals surface area contributed by atoms with E-state index in [0.29, 0.717) is 24.7 Å². The molecule has 1 amide bonds. The Hall–Kier alpha value is -3.39. The lowest BCUT2D eigenvalue weighted by Gasteiger charge is -2.25. The Morgan fingerprint density at radius 1 is 1.17 bits per heavy atom. The van der Waals surface area contributed by atoms with Crippen molar-refractivity contribution in [3.63, 3.8) is 0 Å². The third kappa shape index (κ3) is 3.39. The van der Waals surface area contributed by atoms with Crippen LogP contribution in [0, 0.1) is 5.82 Å². The summed E-state index contributed by atoms with van der Waals surface area (Å²) < 4.78 is 30.7. The second-order valence-electron chi connectivity index (χ2n) is 6.87. The van der Waals surface area contributed by atoms with Crippen molar-refractivity contribution in [2.75, 3.05) is 33.5 Å². The van der Waals surface area contributed by atoms with Crippen LogP contribution < -0.4 is 9.47 Å². The van der Waals surface area contributed by atoms with Crippen molar-refractivity contribution >= 4 is 17.4 Å². The van der Waals surface area contributed by atoms with Crippen molar-refractivity contribution in [2.24, 2.45) is 0 Å². The van der Waals surface area contributed by atoms with E-state index in [1.54, 1.807) is 18.2 Å². The molecule has 0 unspecified atom stereocenters. The molecule has 2 aliphatic heterocycles. The topological polar surface area (TPSA) is 85.3 Å². The summed E-state index contributed by atoms with van der Waals surface area (Å²) in [7, 11) is 1.46. The highest BCUT2D eigenvalue weighted by Crippen LogP contribution is 2.41. The number of likely N-dealkylation sites (tertiary alicyclic amines) is 1. The molecule has 0 bridgehead atoms. The highest BCUT2D eigenvalue weighted by atomic mass is 19.1. The fourth-order valence-corrected chi connectivity index (χ4v) is 3.67. The summed E-state index contributed by atoms with van der Waals surface area (Å²) >= 11 is 0. The number of nitrogens with zero attached hydrogens (tertiary/aromatic N) is 1. The number of Topliss-reactive ketones (excluding diaryl/α,β-unsaturated/α-hetero) is 1. The first-order valence-corrected chi connectivity index (χ1v) is 9.44. The van der Waals surface area contributed by atoms with Crippen LogP contribution >= 0.6 is 0 Å². The lowest BCUT2D eigenvalue weighted by atomic mass is 9.95. The van der Waals surface area contributed by atoms with Crippen molar-refractivity contribution in [1.82, 2.24) is 4.90 Å². The van der Waals surface area contributed by atoms with Crippen LogP contribution in [0.3, 0.4) is 0 Å². The zero-order valence-corrected chi connectivity index (χ0v) is 16.3. The van der Waals surface area contributed by atoms with Crippen LogP contribution in [0.4, 0.5) is 4.39 Å². The minimum Gasteiger partial charge on any atom is -0.507 e. The van der Waals surface area contributed by atoms with E-state index in [4.69, 9.17) is 14.2 Å². The van der Waals surface area contributed by atoms with Gasteiger partial charge < -0.3 is 24.2 Å². The molecule has 2 aromatic carbocycles. The molecule has 2 heterocycles. The number of halogens is 1. The zero-order chi connectivity index (χ0) is 21.3. The number of hydrogen-bond donors (Lipinski definition) is 1. The number of hydrogen-bond acceptors (Lipinski definition) is 6. The molecule has 4 rings (SSSR count). The summed E-state index contributed by atoms with van der Waals surface area (Å²) in [6.45, 7) is 0.990. The summed E-state index contributed by atoms with van der Waals surface area (Å²) in [6, 6.07) is 9.49. The first kappa shape index (κ1) is 19.9. The third-order valence-electron chi connectivity index (χ3n) is 5.09. The average Bonchev–Trinajstić information content (AvgIpc) is 3.01. The Labute approximate surface area is 172 Å². The van der Waals surface area contributed by atoms with Crippen molar-refractivity contribution in [3.05, 3.63) is 65.0 Å². The number of carbonyl (C=O) groups is 2. The van der Waals surface area contributed by atoms with Crippen molar-refractivity contribution < 1.29 is 33.3 Å². The Morgan fingerprint density at radius 2 is 1.90 bits per heavy atom. The summed E-state index contributed by atoms with van der Waals surface area (Å²) in [5.74, 6) is -1.75. The number of aliphatic hydroxyl groups is 1. The second-order valence-corrected chi connectivity index (χ2v) is 6.87. The first-order chi connectivity index (χ1) is 14.5. The predicted molar refractivity (Wildman–Crippen MR) is 105 cm³/mol. The summed E-state index contributed by atoms with van der Waals surface area (Å²) in [5, 5.41) is 11.0. The Morgan fingerprint density at radius 3 is 2.63 bits per heavy atom. The highest BCUT2D eigenvalue weighted by molar-refractivity contribution is 6.46. The van der Waals surface area contributed by atoms with E-state index < -0.39 is 29.3 Å². The molecule has 8 heteroatoms. The van der Waals surface area contributed by atoms with Crippen LogP contribution in [0.2, 0.25) is 0 Å². The molecule has 2 aliphatic rings. The van der Waals surface area contributed by atoms with Gasteiger partial charge in [0, 0.05) is 24.8 Å².